The molecule has 0 bridgehead atoms. The van der Waals surface area contributed by atoms with E-state index in [9.17, 15) is 13.2 Å². The van der Waals surface area contributed by atoms with Gasteiger partial charge >= 0.3 is 0 Å². The van der Waals surface area contributed by atoms with Gasteiger partial charge in [0.1, 0.15) is 5.75 Å². The zero-order valence-corrected chi connectivity index (χ0v) is 13.9. The Kier molecular flexibility index (Phi) is 5.08. The number of amides is 1. The largest absolute Gasteiger partial charge is 0.497 e. The minimum absolute atomic E-state index is 0.0774. The highest BCUT2D eigenvalue weighted by Crippen LogP contribution is 2.41. The number of carbonyl (C=O) groups is 1. The third kappa shape index (κ3) is 4.45. The molecular weight excluding hydrogens is 304 g/mol. The van der Waals surface area contributed by atoms with Gasteiger partial charge in [0.25, 0.3) is 0 Å². The molecule has 0 heterocycles. The predicted molar refractivity (Wildman–Crippen MR) is 84.1 cm³/mol. The van der Waals surface area contributed by atoms with E-state index >= 15 is 0 Å². The first kappa shape index (κ1) is 16.8. The molecular formula is C15H22N2O4S. The quantitative estimate of drug-likeness (QED) is 0.816. The molecule has 1 saturated carbocycles. The molecule has 0 aliphatic heterocycles. The number of carbonyl (C=O) groups excluding carboxylic acids is 1. The van der Waals surface area contributed by atoms with Gasteiger partial charge in [0.15, 0.2) is 0 Å². The summed E-state index contributed by atoms with van der Waals surface area (Å²) in [6.07, 6.45) is 3.22. The van der Waals surface area contributed by atoms with Crippen LogP contribution < -0.4 is 10.1 Å². The summed E-state index contributed by atoms with van der Waals surface area (Å²) in [6, 6.07) is 7.51. The molecule has 0 radical (unpaired) electrons. The van der Waals surface area contributed by atoms with E-state index in [-0.39, 0.29) is 18.5 Å². The lowest BCUT2D eigenvalue weighted by Crippen LogP contribution is -2.39. The summed E-state index contributed by atoms with van der Waals surface area (Å²) in [5, 5.41) is 2.95. The van der Waals surface area contributed by atoms with E-state index in [4.69, 9.17) is 4.74 Å². The van der Waals surface area contributed by atoms with Crippen LogP contribution in [0.3, 0.4) is 0 Å². The predicted octanol–water partition coefficient (Wildman–Crippen LogP) is 1.15. The lowest BCUT2D eigenvalue weighted by Gasteiger charge is -2.21. The van der Waals surface area contributed by atoms with Gasteiger partial charge in [-0.25, -0.2) is 8.42 Å². The molecule has 7 heteroatoms. The minimum Gasteiger partial charge on any atom is -0.497 e. The Labute approximate surface area is 131 Å². The highest BCUT2D eigenvalue weighted by molar-refractivity contribution is 7.88. The van der Waals surface area contributed by atoms with Crippen LogP contribution in [0.5, 0.6) is 5.75 Å². The van der Waals surface area contributed by atoms with Crippen LogP contribution in [0, 0.1) is 5.92 Å². The standard InChI is InChI=1S/C15H22N2O4S/c1-17(22(3,19)20)10-14(18)16-15(11-4-5-11)12-6-8-13(21-2)9-7-12/h6-9,11,15H,4-5,10H2,1-3H3,(H,16,18)/t15-/m1/s1. The minimum atomic E-state index is -3.36. The first-order valence-electron chi connectivity index (χ1n) is 7.16. The van der Waals surface area contributed by atoms with Crippen LogP contribution in [0.1, 0.15) is 24.4 Å². The molecule has 1 aromatic rings. The molecule has 1 fully saturated rings. The molecule has 1 N–H and O–H groups in total. The Morgan fingerprint density at radius 2 is 1.95 bits per heavy atom. The fraction of sp³-hybridized carbons (Fsp3) is 0.533. The number of benzene rings is 1. The number of rotatable bonds is 7. The number of nitrogens with zero attached hydrogens (tertiary/aromatic N) is 1. The van der Waals surface area contributed by atoms with Gasteiger partial charge in [0.2, 0.25) is 15.9 Å². The Morgan fingerprint density at radius 3 is 2.41 bits per heavy atom. The Morgan fingerprint density at radius 1 is 1.36 bits per heavy atom. The first-order chi connectivity index (χ1) is 10.3. The lowest BCUT2D eigenvalue weighted by molar-refractivity contribution is -0.122. The zero-order valence-electron chi connectivity index (χ0n) is 13.1. The smallest absolute Gasteiger partial charge is 0.235 e. The van der Waals surface area contributed by atoms with Crippen molar-refractivity contribution in [2.45, 2.75) is 18.9 Å². The summed E-state index contributed by atoms with van der Waals surface area (Å²) in [7, 11) is -0.351. The molecule has 0 saturated heterocycles. The van der Waals surface area contributed by atoms with Gasteiger partial charge in [0, 0.05) is 7.05 Å². The SMILES string of the molecule is COc1ccc([C@H](NC(=O)CN(C)S(C)(=O)=O)C2CC2)cc1. The fourth-order valence-electron chi connectivity index (χ4n) is 2.25. The molecule has 0 unspecified atom stereocenters. The molecule has 22 heavy (non-hydrogen) atoms. The third-order valence-electron chi connectivity index (χ3n) is 3.82. The van der Waals surface area contributed by atoms with E-state index in [0.29, 0.717) is 5.92 Å². The van der Waals surface area contributed by atoms with Crippen LogP contribution in [0.4, 0.5) is 0 Å². The maximum absolute atomic E-state index is 12.1. The average molecular weight is 326 g/mol. The van der Waals surface area contributed by atoms with Crippen LogP contribution in [-0.4, -0.2) is 45.6 Å². The maximum atomic E-state index is 12.1. The van der Waals surface area contributed by atoms with E-state index < -0.39 is 10.0 Å². The molecule has 1 aliphatic rings. The second-order valence-corrected chi connectivity index (χ2v) is 7.76. The van der Waals surface area contributed by atoms with Gasteiger partial charge in [-0.05, 0) is 36.5 Å². The van der Waals surface area contributed by atoms with Crippen LogP contribution in [0.25, 0.3) is 0 Å². The van der Waals surface area contributed by atoms with Gasteiger partial charge in [-0.1, -0.05) is 12.1 Å². The van der Waals surface area contributed by atoms with Crippen molar-refractivity contribution < 1.29 is 17.9 Å². The Balaban J connectivity index is 2.04. The van der Waals surface area contributed by atoms with E-state index in [1.807, 2.05) is 24.3 Å². The molecule has 1 aromatic carbocycles. The maximum Gasteiger partial charge on any atom is 0.235 e. The number of hydrogen-bond acceptors (Lipinski definition) is 4. The van der Waals surface area contributed by atoms with Gasteiger partial charge < -0.3 is 10.1 Å². The van der Waals surface area contributed by atoms with Crippen molar-refractivity contribution in [1.82, 2.24) is 9.62 Å². The number of nitrogens with one attached hydrogen (secondary N) is 1. The normalized spacial score (nSPS) is 16.4. The second kappa shape index (κ2) is 6.66. The highest BCUT2D eigenvalue weighted by Gasteiger charge is 2.33. The molecule has 1 atom stereocenters. The number of likely N-dealkylation sites (N-methyl/N-ethyl adjacent to an activating group) is 1. The summed E-state index contributed by atoms with van der Waals surface area (Å²) < 4.78 is 28.9. The van der Waals surface area contributed by atoms with E-state index in [2.05, 4.69) is 5.32 Å². The monoisotopic (exact) mass is 326 g/mol. The number of hydrogen-bond donors (Lipinski definition) is 1. The number of sulfonamides is 1. The van der Waals surface area contributed by atoms with Gasteiger partial charge in [-0.3, -0.25) is 4.79 Å². The summed E-state index contributed by atoms with van der Waals surface area (Å²) in [4.78, 5) is 12.1. The summed E-state index contributed by atoms with van der Waals surface area (Å²) in [5.41, 5.74) is 1.01. The number of methoxy groups -OCH3 is 1. The van der Waals surface area contributed by atoms with Crippen LogP contribution in [0.2, 0.25) is 0 Å². The lowest BCUT2D eigenvalue weighted by atomic mass is 10.0. The first-order valence-corrected chi connectivity index (χ1v) is 9.00. The van der Waals surface area contributed by atoms with Crippen LogP contribution in [-0.2, 0) is 14.8 Å². The topological polar surface area (TPSA) is 75.7 Å². The van der Waals surface area contributed by atoms with Crippen molar-refractivity contribution in [2.24, 2.45) is 5.92 Å². The van der Waals surface area contributed by atoms with E-state index in [1.54, 1.807) is 7.11 Å². The third-order valence-corrected chi connectivity index (χ3v) is 5.08. The van der Waals surface area contributed by atoms with Crippen molar-refractivity contribution in [2.75, 3.05) is 27.0 Å². The van der Waals surface area contributed by atoms with Crippen molar-refractivity contribution in [3.8, 4) is 5.75 Å². The average Bonchev–Trinajstić information content (AvgIpc) is 3.28. The van der Waals surface area contributed by atoms with Crippen molar-refractivity contribution in [1.29, 1.82) is 0 Å². The summed E-state index contributed by atoms with van der Waals surface area (Å²) in [5.74, 6) is 0.892. The highest BCUT2D eigenvalue weighted by atomic mass is 32.2. The Hall–Kier alpha value is -1.60. The summed E-state index contributed by atoms with van der Waals surface area (Å²) >= 11 is 0. The zero-order chi connectivity index (χ0) is 16.3. The van der Waals surface area contributed by atoms with Gasteiger partial charge in [-0.15, -0.1) is 0 Å². The molecule has 0 aromatic heterocycles. The molecule has 2 rings (SSSR count). The molecule has 122 valence electrons. The van der Waals surface area contributed by atoms with Crippen molar-refractivity contribution in [3.05, 3.63) is 29.8 Å². The van der Waals surface area contributed by atoms with E-state index in [1.165, 1.54) is 7.05 Å². The Bertz CT molecular complexity index is 623. The molecule has 0 spiro atoms. The summed E-state index contributed by atoms with van der Waals surface area (Å²) in [6.45, 7) is -0.168. The molecule has 6 nitrogen and oxygen atoms in total. The van der Waals surface area contributed by atoms with Gasteiger partial charge in [-0.2, -0.15) is 4.31 Å². The van der Waals surface area contributed by atoms with Gasteiger partial charge in [0.05, 0.1) is 26.0 Å². The molecule has 1 aliphatic carbocycles. The van der Waals surface area contributed by atoms with Crippen molar-refractivity contribution in [3.63, 3.8) is 0 Å². The number of ether oxygens (including phenoxy) is 1. The van der Waals surface area contributed by atoms with Crippen LogP contribution >= 0.6 is 0 Å². The van der Waals surface area contributed by atoms with E-state index in [0.717, 1.165) is 34.7 Å². The molecule has 1 amide bonds. The van der Waals surface area contributed by atoms with Crippen LogP contribution in [0.15, 0.2) is 24.3 Å². The second-order valence-electron chi connectivity index (χ2n) is 5.67. The fourth-order valence-corrected chi connectivity index (χ4v) is 2.60. The van der Waals surface area contributed by atoms with Crippen molar-refractivity contribution >= 4 is 15.9 Å².